The van der Waals surface area contributed by atoms with Crippen LogP contribution in [0.5, 0.6) is 0 Å². The maximum absolute atomic E-state index is 11.9. The van der Waals surface area contributed by atoms with Gasteiger partial charge in [0.15, 0.2) is 5.78 Å². The first-order chi connectivity index (χ1) is 10.7. The molecule has 0 aliphatic rings. The molecule has 2 aromatic rings. The molecule has 0 heterocycles. The number of rotatable bonds is 6. The number of carbonyl (C=O) groups excluding carboxylic acids is 2. The average Bonchev–Trinajstić information content (AvgIpc) is 2.54. The van der Waals surface area contributed by atoms with Gasteiger partial charge in [-0.15, -0.1) is 0 Å². The first-order valence-corrected chi connectivity index (χ1v) is 7.27. The third-order valence-electron chi connectivity index (χ3n) is 3.01. The van der Waals surface area contributed by atoms with E-state index in [1.807, 2.05) is 30.3 Å². The summed E-state index contributed by atoms with van der Waals surface area (Å²) in [5, 5.41) is 2.96. The van der Waals surface area contributed by atoms with E-state index in [1.54, 1.807) is 24.3 Å². The van der Waals surface area contributed by atoms with Gasteiger partial charge in [-0.3, -0.25) is 4.79 Å². The molecule has 0 bridgehead atoms. The maximum Gasteiger partial charge on any atom is 0.407 e. The molecule has 0 aromatic heterocycles. The van der Waals surface area contributed by atoms with Crippen molar-refractivity contribution in [3.8, 4) is 0 Å². The first kappa shape index (κ1) is 16.0. The zero-order valence-corrected chi connectivity index (χ0v) is 12.7. The Morgan fingerprint density at radius 3 is 2.41 bits per heavy atom. The lowest BCUT2D eigenvalue weighted by molar-refractivity contribution is 0.0980. The molecule has 0 saturated carbocycles. The molecule has 0 fully saturated rings. The predicted octanol–water partition coefficient (Wildman–Crippen LogP) is 3.84. The van der Waals surface area contributed by atoms with Gasteiger partial charge in [-0.1, -0.05) is 54.1 Å². The average molecular weight is 318 g/mol. The summed E-state index contributed by atoms with van der Waals surface area (Å²) in [4.78, 5) is 23.5. The molecular formula is C17H16ClNO3. The lowest BCUT2D eigenvalue weighted by atomic mass is 10.1. The summed E-state index contributed by atoms with van der Waals surface area (Å²) in [5.41, 5.74) is 1.37. The van der Waals surface area contributed by atoms with Crippen LogP contribution in [0.25, 0.3) is 0 Å². The van der Waals surface area contributed by atoms with Gasteiger partial charge in [0.1, 0.15) is 6.61 Å². The largest absolute Gasteiger partial charge is 0.445 e. The Balaban J connectivity index is 1.71. The Bertz CT molecular complexity index is 643. The van der Waals surface area contributed by atoms with Gasteiger partial charge in [-0.05, 0) is 17.7 Å². The Morgan fingerprint density at radius 1 is 1.00 bits per heavy atom. The normalized spacial score (nSPS) is 10.0. The Hall–Kier alpha value is -2.33. The van der Waals surface area contributed by atoms with Gasteiger partial charge in [0.2, 0.25) is 0 Å². The smallest absolute Gasteiger partial charge is 0.407 e. The zero-order valence-electron chi connectivity index (χ0n) is 11.9. The van der Waals surface area contributed by atoms with Crippen molar-refractivity contribution in [3.05, 3.63) is 70.7 Å². The summed E-state index contributed by atoms with van der Waals surface area (Å²) in [6, 6.07) is 16.2. The van der Waals surface area contributed by atoms with Gasteiger partial charge < -0.3 is 10.1 Å². The predicted molar refractivity (Wildman–Crippen MR) is 85.0 cm³/mol. The fraction of sp³-hybridized carbons (Fsp3) is 0.176. The molecule has 2 rings (SSSR count). The molecule has 114 valence electrons. The van der Waals surface area contributed by atoms with Crippen LogP contribution in [0.4, 0.5) is 4.79 Å². The van der Waals surface area contributed by atoms with Crippen molar-refractivity contribution < 1.29 is 14.3 Å². The van der Waals surface area contributed by atoms with E-state index in [2.05, 4.69) is 5.32 Å². The van der Waals surface area contributed by atoms with E-state index < -0.39 is 6.09 Å². The summed E-state index contributed by atoms with van der Waals surface area (Å²) in [6.07, 6.45) is -0.375. The lowest BCUT2D eigenvalue weighted by Gasteiger charge is -2.07. The van der Waals surface area contributed by atoms with E-state index in [-0.39, 0.29) is 25.4 Å². The second kappa shape index (κ2) is 8.20. The highest BCUT2D eigenvalue weighted by Gasteiger charge is 2.10. The number of hydrogen-bond donors (Lipinski definition) is 1. The van der Waals surface area contributed by atoms with Gasteiger partial charge in [-0.2, -0.15) is 0 Å². The van der Waals surface area contributed by atoms with E-state index in [0.717, 1.165) is 5.56 Å². The van der Waals surface area contributed by atoms with Crippen molar-refractivity contribution in [2.24, 2.45) is 0 Å². The van der Waals surface area contributed by atoms with Crippen LogP contribution in [0, 0.1) is 0 Å². The number of benzene rings is 2. The topological polar surface area (TPSA) is 55.4 Å². The summed E-state index contributed by atoms with van der Waals surface area (Å²) in [7, 11) is 0. The van der Waals surface area contributed by atoms with Crippen LogP contribution in [0.15, 0.2) is 54.6 Å². The first-order valence-electron chi connectivity index (χ1n) is 6.89. The third-order valence-corrected chi connectivity index (χ3v) is 3.34. The quantitative estimate of drug-likeness (QED) is 0.824. The molecule has 0 radical (unpaired) electrons. The number of ketones is 1. The van der Waals surface area contributed by atoms with E-state index in [9.17, 15) is 9.59 Å². The molecule has 0 unspecified atom stereocenters. The number of ether oxygens (including phenoxy) is 1. The Morgan fingerprint density at radius 2 is 1.68 bits per heavy atom. The minimum atomic E-state index is -0.546. The van der Waals surface area contributed by atoms with Crippen molar-refractivity contribution >= 4 is 23.5 Å². The van der Waals surface area contributed by atoms with Crippen molar-refractivity contribution in [1.82, 2.24) is 5.32 Å². The molecule has 0 aliphatic heterocycles. The summed E-state index contributed by atoms with van der Waals surface area (Å²) in [5.74, 6) is -0.117. The van der Waals surface area contributed by atoms with Crippen LogP contribution in [-0.4, -0.2) is 18.4 Å². The van der Waals surface area contributed by atoms with Gasteiger partial charge >= 0.3 is 6.09 Å². The van der Waals surface area contributed by atoms with Crippen LogP contribution >= 0.6 is 11.6 Å². The molecule has 22 heavy (non-hydrogen) atoms. The van der Waals surface area contributed by atoms with Gasteiger partial charge in [0.05, 0.1) is 5.02 Å². The van der Waals surface area contributed by atoms with Crippen LogP contribution in [0.1, 0.15) is 22.3 Å². The minimum Gasteiger partial charge on any atom is -0.445 e. The molecule has 1 N–H and O–H groups in total. The lowest BCUT2D eigenvalue weighted by Crippen LogP contribution is -2.26. The number of amides is 1. The Labute approximate surface area is 134 Å². The van der Waals surface area contributed by atoms with Crippen LogP contribution < -0.4 is 5.32 Å². The number of alkyl carbamates (subject to hydrolysis) is 1. The second-order valence-electron chi connectivity index (χ2n) is 4.64. The van der Waals surface area contributed by atoms with Gasteiger partial charge in [0.25, 0.3) is 0 Å². The van der Waals surface area contributed by atoms with E-state index in [4.69, 9.17) is 16.3 Å². The molecule has 0 aliphatic carbocycles. The van der Waals surface area contributed by atoms with Crippen molar-refractivity contribution in [2.45, 2.75) is 13.0 Å². The zero-order chi connectivity index (χ0) is 15.8. The summed E-state index contributed by atoms with van der Waals surface area (Å²) in [6.45, 7) is 0.406. The molecule has 0 saturated heterocycles. The molecule has 1 amide bonds. The molecule has 0 atom stereocenters. The molecular weight excluding hydrogens is 302 g/mol. The maximum atomic E-state index is 11.9. The number of hydrogen-bond acceptors (Lipinski definition) is 3. The Kier molecular flexibility index (Phi) is 5.98. The van der Waals surface area contributed by atoms with Crippen molar-refractivity contribution in [1.29, 1.82) is 0 Å². The minimum absolute atomic E-state index is 0.117. The molecule has 5 heteroatoms. The van der Waals surface area contributed by atoms with E-state index >= 15 is 0 Å². The fourth-order valence-corrected chi connectivity index (χ4v) is 2.12. The number of Topliss-reactive ketones (excluding diaryl/α,β-unsaturated/α-hetero) is 1. The third kappa shape index (κ3) is 4.90. The highest BCUT2D eigenvalue weighted by Crippen LogP contribution is 2.16. The number of nitrogens with one attached hydrogen (secondary N) is 1. The number of carbonyl (C=O) groups is 2. The van der Waals surface area contributed by atoms with Gasteiger partial charge in [-0.25, -0.2) is 4.79 Å². The monoisotopic (exact) mass is 317 g/mol. The van der Waals surface area contributed by atoms with Crippen molar-refractivity contribution in [2.75, 3.05) is 6.54 Å². The second-order valence-corrected chi connectivity index (χ2v) is 5.05. The molecule has 4 nitrogen and oxygen atoms in total. The molecule has 2 aromatic carbocycles. The summed E-state index contributed by atoms with van der Waals surface area (Å²) < 4.78 is 5.05. The fourth-order valence-electron chi connectivity index (χ4n) is 1.87. The number of halogens is 1. The van der Waals surface area contributed by atoms with E-state index in [1.165, 1.54) is 0 Å². The van der Waals surface area contributed by atoms with Gasteiger partial charge in [0, 0.05) is 18.5 Å². The van der Waals surface area contributed by atoms with E-state index in [0.29, 0.717) is 10.6 Å². The summed E-state index contributed by atoms with van der Waals surface area (Å²) >= 11 is 5.95. The highest BCUT2D eigenvalue weighted by molar-refractivity contribution is 6.33. The van der Waals surface area contributed by atoms with Crippen molar-refractivity contribution in [3.63, 3.8) is 0 Å². The van der Waals surface area contributed by atoms with Crippen LogP contribution in [0.2, 0.25) is 5.02 Å². The standard InChI is InChI=1S/C17H16ClNO3/c18-15-9-5-4-8-14(15)16(20)10-11-19-17(21)22-12-13-6-2-1-3-7-13/h1-9H,10-12H2,(H,19,21). The molecule has 0 spiro atoms. The van der Waals surface area contributed by atoms with Crippen LogP contribution in [-0.2, 0) is 11.3 Å². The SMILES string of the molecule is O=C(NCCC(=O)c1ccccc1Cl)OCc1ccccc1. The van der Waals surface area contributed by atoms with Crippen LogP contribution in [0.3, 0.4) is 0 Å². The highest BCUT2D eigenvalue weighted by atomic mass is 35.5.